The van der Waals surface area contributed by atoms with Crippen molar-refractivity contribution in [1.29, 1.82) is 0 Å². The van der Waals surface area contributed by atoms with Gasteiger partial charge in [-0.15, -0.1) is 11.8 Å². The van der Waals surface area contributed by atoms with Crippen LogP contribution >= 0.6 is 11.8 Å². The van der Waals surface area contributed by atoms with Gasteiger partial charge in [0.05, 0.1) is 22.9 Å². The summed E-state index contributed by atoms with van der Waals surface area (Å²) in [6, 6.07) is 24.3. The summed E-state index contributed by atoms with van der Waals surface area (Å²) in [5.41, 5.74) is 3.98. The van der Waals surface area contributed by atoms with Crippen molar-refractivity contribution in [3.63, 3.8) is 0 Å². The predicted molar refractivity (Wildman–Crippen MR) is 137 cm³/mol. The number of aryl methyl sites for hydroxylation is 1. The Morgan fingerprint density at radius 3 is 2.63 bits per heavy atom. The van der Waals surface area contributed by atoms with Crippen LogP contribution in [0.25, 0.3) is 11.0 Å². The van der Waals surface area contributed by atoms with E-state index in [1.54, 1.807) is 36.2 Å². The second-order valence-corrected chi connectivity index (χ2v) is 9.71. The van der Waals surface area contributed by atoms with Crippen molar-refractivity contribution < 1.29 is 18.7 Å². The third-order valence-corrected chi connectivity index (χ3v) is 7.52. The molecule has 1 N–H and O–H groups in total. The van der Waals surface area contributed by atoms with Crippen molar-refractivity contribution >= 4 is 39.9 Å². The van der Waals surface area contributed by atoms with E-state index < -0.39 is 0 Å². The molecule has 0 fully saturated rings. The molecule has 6 heteroatoms. The Kier molecular flexibility index (Phi) is 5.30. The first-order valence-corrected chi connectivity index (χ1v) is 12.2. The normalized spacial score (nSPS) is 15.5. The minimum Gasteiger partial charge on any atom is -0.507 e. The summed E-state index contributed by atoms with van der Waals surface area (Å²) >= 11 is 1.70. The standard InChI is InChI=1S/C29H21NO4S/c1-17-19-14-20(23(31)16-25(19)34-29(17)28(32)18-8-3-2-4-9-18)22-15-27(24-11-7-13-33-24)35-26-12-6-5-10-21(26)30-22/h2-14,16,27,31H,15H2,1H3/t27-/m1/s1. The number of rotatable bonds is 4. The van der Waals surface area contributed by atoms with Gasteiger partial charge in [-0.05, 0) is 37.3 Å². The van der Waals surface area contributed by atoms with Crippen molar-refractivity contribution in [2.45, 2.75) is 23.5 Å². The Bertz CT molecular complexity index is 1580. The average Bonchev–Trinajstić information content (AvgIpc) is 3.47. The number of carbonyl (C=O) groups is 1. The number of phenolic OH excluding ortho intramolecular Hbond substituents is 1. The van der Waals surface area contributed by atoms with E-state index >= 15 is 0 Å². The van der Waals surface area contributed by atoms with Crippen molar-refractivity contribution in [1.82, 2.24) is 0 Å². The summed E-state index contributed by atoms with van der Waals surface area (Å²) in [6.45, 7) is 1.87. The Hall–Kier alpha value is -4.03. The Balaban J connectivity index is 1.47. The Morgan fingerprint density at radius 1 is 1.03 bits per heavy atom. The van der Waals surface area contributed by atoms with Gasteiger partial charge in [0.25, 0.3) is 0 Å². The third-order valence-electron chi connectivity index (χ3n) is 6.24. The second kappa shape index (κ2) is 8.64. The summed E-state index contributed by atoms with van der Waals surface area (Å²) in [6.07, 6.45) is 2.24. The fourth-order valence-corrected chi connectivity index (χ4v) is 5.63. The maximum absolute atomic E-state index is 13.1. The zero-order valence-electron chi connectivity index (χ0n) is 18.9. The first-order chi connectivity index (χ1) is 17.1. The molecule has 0 spiro atoms. The van der Waals surface area contributed by atoms with Gasteiger partial charge in [0.15, 0.2) is 5.76 Å². The van der Waals surface area contributed by atoms with E-state index in [9.17, 15) is 9.90 Å². The second-order valence-electron chi connectivity index (χ2n) is 8.47. The van der Waals surface area contributed by atoms with E-state index in [-0.39, 0.29) is 22.5 Å². The van der Waals surface area contributed by atoms with Gasteiger partial charge in [-0.25, -0.2) is 0 Å². The van der Waals surface area contributed by atoms with Gasteiger partial charge in [-0.2, -0.15) is 0 Å². The van der Waals surface area contributed by atoms with Crippen molar-refractivity contribution in [3.8, 4) is 5.75 Å². The molecule has 0 saturated carbocycles. The van der Waals surface area contributed by atoms with E-state index in [4.69, 9.17) is 13.8 Å². The van der Waals surface area contributed by atoms with Crippen LogP contribution in [0.1, 0.15) is 44.7 Å². The summed E-state index contributed by atoms with van der Waals surface area (Å²) in [4.78, 5) is 19.1. The molecule has 0 amide bonds. The molecule has 0 radical (unpaired) electrons. The summed E-state index contributed by atoms with van der Waals surface area (Å²) in [5, 5.41) is 11.8. The number of ketones is 1. The zero-order valence-corrected chi connectivity index (χ0v) is 19.7. The van der Waals surface area contributed by atoms with Gasteiger partial charge in [-0.1, -0.05) is 42.5 Å². The summed E-state index contributed by atoms with van der Waals surface area (Å²) in [5.74, 6) is 1.01. The monoisotopic (exact) mass is 479 g/mol. The molecule has 0 bridgehead atoms. The molecule has 2 aromatic heterocycles. The Morgan fingerprint density at radius 2 is 1.83 bits per heavy atom. The molecule has 172 valence electrons. The third kappa shape index (κ3) is 3.86. The number of hydrogen-bond donors (Lipinski definition) is 1. The molecule has 5 nitrogen and oxygen atoms in total. The maximum atomic E-state index is 13.1. The Labute approximate surface area is 206 Å². The lowest BCUT2D eigenvalue weighted by Gasteiger charge is -2.14. The number of carbonyl (C=O) groups excluding carboxylic acids is 1. The molecule has 1 aliphatic rings. The number of benzene rings is 3. The van der Waals surface area contributed by atoms with Crippen LogP contribution in [0, 0.1) is 6.92 Å². The van der Waals surface area contributed by atoms with E-state index in [0.29, 0.717) is 23.1 Å². The number of thioether (sulfide) groups is 1. The lowest BCUT2D eigenvalue weighted by Crippen LogP contribution is -2.05. The fraction of sp³-hybridized carbons (Fsp3) is 0.103. The summed E-state index contributed by atoms with van der Waals surface area (Å²) < 4.78 is 11.7. The van der Waals surface area contributed by atoms with Gasteiger partial charge in [0, 0.05) is 39.5 Å². The topological polar surface area (TPSA) is 75.9 Å². The lowest BCUT2D eigenvalue weighted by atomic mass is 9.99. The molecule has 3 aromatic carbocycles. The number of furan rings is 2. The smallest absolute Gasteiger partial charge is 0.228 e. The number of nitrogens with zero attached hydrogens (tertiary/aromatic N) is 1. The van der Waals surface area contributed by atoms with E-state index in [0.717, 1.165) is 33.0 Å². The van der Waals surface area contributed by atoms with Crippen LogP contribution in [0.4, 0.5) is 5.69 Å². The molecule has 3 heterocycles. The van der Waals surface area contributed by atoms with Crippen LogP contribution in [0.15, 0.2) is 104 Å². The van der Waals surface area contributed by atoms with Gasteiger partial charge in [0.1, 0.15) is 17.1 Å². The molecule has 1 atom stereocenters. The molecule has 1 aliphatic heterocycles. The molecule has 5 aromatic rings. The van der Waals surface area contributed by atoms with Crippen LogP contribution in [-0.4, -0.2) is 16.6 Å². The van der Waals surface area contributed by atoms with Crippen molar-refractivity contribution in [2.24, 2.45) is 4.99 Å². The van der Waals surface area contributed by atoms with Crippen LogP contribution in [-0.2, 0) is 0 Å². The summed E-state index contributed by atoms with van der Waals surface area (Å²) in [7, 11) is 0. The molecule has 0 saturated heterocycles. The number of phenols is 1. The highest BCUT2D eigenvalue weighted by molar-refractivity contribution is 7.99. The minimum absolute atomic E-state index is 0.00293. The van der Waals surface area contributed by atoms with Gasteiger partial charge < -0.3 is 13.9 Å². The van der Waals surface area contributed by atoms with Crippen LogP contribution < -0.4 is 0 Å². The largest absolute Gasteiger partial charge is 0.507 e. The molecular weight excluding hydrogens is 458 g/mol. The number of aromatic hydroxyl groups is 1. The molecule has 35 heavy (non-hydrogen) atoms. The van der Waals surface area contributed by atoms with Gasteiger partial charge in [-0.3, -0.25) is 9.79 Å². The van der Waals surface area contributed by atoms with Gasteiger partial charge in [0.2, 0.25) is 5.78 Å². The van der Waals surface area contributed by atoms with Crippen LogP contribution in [0.3, 0.4) is 0 Å². The van der Waals surface area contributed by atoms with E-state index in [1.165, 1.54) is 0 Å². The predicted octanol–water partition coefficient (Wildman–Crippen LogP) is 7.63. The quantitative estimate of drug-likeness (QED) is 0.268. The highest BCUT2D eigenvalue weighted by atomic mass is 32.2. The van der Waals surface area contributed by atoms with Crippen molar-refractivity contribution in [2.75, 3.05) is 0 Å². The lowest BCUT2D eigenvalue weighted by molar-refractivity contribution is 0.101. The molecule has 0 unspecified atom stereocenters. The minimum atomic E-state index is -0.185. The molecule has 6 rings (SSSR count). The van der Waals surface area contributed by atoms with E-state index in [1.807, 2.05) is 67.6 Å². The zero-order chi connectivity index (χ0) is 23.9. The highest BCUT2D eigenvalue weighted by Crippen LogP contribution is 2.46. The molecular formula is C29H21NO4S. The number of fused-ring (bicyclic) bond motifs is 2. The van der Waals surface area contributed by atoms with Crippen LogP contribution in [0.2, 0.25) is 0 Å². The average molecular weight is 480 g/mol. The SMILES string of the molecule is Cc1c(C(=O)c2ccccc2)oc2cc(O)c(C3=Nc4ccccc4S[C@@H](c4ccco4)C3)cc12. The number of aliphatic imine (C=N–C) groups is 1. The first-order valence-electron chi connectivity index (χ1n) is 11.3. The van der Waals surface area contributed by atoms with Gasteiger partial charge >= 0.3 is 0 Å². The van der Waals surface area contributed by atoms with Crippen molar-refractivity contribution in [3.05, 3.63) is 113 Å². The maximum Gasteiger partial charge on any atom is 0.228 e. The van der Waals surface area contributed by atoms with Crippen LogP contribution in [0.5, 0.6) is 5.75 Å². The molecule has 0 aliphatic carbocycles. The number of hydrogen-bond acceptors (Lipinski definition) is 6. The first kappa shape index (κ1) is 21.5. The highest BCUT2D eigenvalue weighted by Gasteiger charge is 2.27. The fourth-order valence-electron chi connectivity index (χ4n) is 4.44. The number of para-hydroxylation sites is 1. The van der Waals surface area contributed by atoms with E-state index in [2.05, 4.69) is 0 Å².